The van der Waals surface area contributed by atoms with Crippen molar-refractivity contribution in [3.8, 4) is 5.75 Å². The average Bonchev–Trinajstić information content (AvgIpc) is 2.29. The molecule has 1 rings (SSSR count). The van der Waals surface area contributed by atoms with Crippen LogP contribution in [0.4, 0.5) is 10.5 Å². The van der Waals surface area contributed by atoms with Crippen LogP contribution in [0, 0.1) is 0 Å². The Morgan fingerprint density at radius 3 is 2.94 bits per heavy atom. The third-order valence-corrected chi connectivity index (χ3v) is 2.49. The zero-order chi connectivity index (χ0) is 12.0. The van der Waals surface area contributed by atoms with E-state index >= 15 is 0 Å². The second-order valence-corrected chi connectivity index (χ2v) is 3.82. The molecular weight excluding hydrogens is 272 g/mol. The molecule has 0 fully saturated rings. The van der Waals surface area contributed by atoms with Crippen LogP contribution in [0.15, 0.2) is 35.3 Å². The van der Waals surface area contributed by atoms with Crippen LogP contribution < -0.4 is 15.4 Å². The van der Waals surface area contributed by atoms with Crippen molar-refractivity contribution in [2.45, 2.75) is 0 Å². The number of halogens is 1. The highest BCUT2D eigenvalue weighted by atomic mass is 79.9. The molecule has 0 spiro atoms. The summed E-state index contributed by atoms with van der Waals surface area (Å²) in [4.78, 5) is 11.4. The van der Waals surface area contributed by atoms with E-state index in [0.29, 0.717) is 12.2 Å². The van der Waals surface area contributed by atoms with Gasteiger partial charge in [0, 0.05) is 11.0 Å². The van der Waals surface area contributed by atoms with Gasteiger partial charge in [-0.15, -0.1) is 6.58 Å². The van der Waals surface area contributed by atoms with Gasteiger partial charge in [0.05, 0.1) is 12.8 Å². The van der Waals surface area contributed by atoms with E-state index in [1.54, 1.807) is 31.4 Å². The number of carbonyl (C=O) groups excluding carboxylic acids is 1. The van der Waals surface area contributed by atoms with E-state index in [4.69, 9.17) is 4.74 Å². The molecule has 0 atom stereocenters. The number of nitrogens with one attached hydrogen (secondary N) is 2. The maximum atomic E-state index is 11.4. The minimum Gasteiger partial charge on any atom is -0.497 e. The lowest BCUT2D eigenvalue weighted by Gasteiger charge is -2.09. The van der Waals surface area contributed by atoms with Crippen LogP contribution >= 0.6 is 15.9 Å². The highest BCUT2D eigenvalue weighted by molar-refractivity contribution is 9.10. The van der Waals surface area contributed by atoms with Gasteiger partial charge in [-0.05, 0) is 34.1 Å². The van der Waals surface area contributed by atoms with Gasteiger partial charge in [-0.2, -0.15) is 0 Å². The maximum Gasteiger partial charge on any atom is 0.319 e. The zero-order valence-corrected chi connectivity index (χ0v) is 10.5. The van der Waals surface area contributed by atoms with E-state index in [1.165, 1.54) is 0 Å². The van der Waals surface area contributed by atoms with Gasteiger partial charge in [-0.1, -0.05) is 6.08 Å². The van der Waals surface area contributed by atoms with Crippen molar-refractivity contribution in [2.24, 2.45) is 0 Å². The molecule has 0 aliphatic heterocycles. The van der Waals surface area contributed by atoms with Crippen molar-refractivity contribution >= 4 is 27.6 Å². The van der Waals surface area contributed by atoms with Gasteiger partial charge >= 0.3 is 6.03 Å². The fourth-order valence-corrected chi connectivity index (χ4v) is 1.51. The molecule has 0 saturated carbocycles. The number of urea groups is 1. The fraction of sp³-hybridized carbons (Fsp3) is 0.182. The molecule has 0 aromatic heterocycles. The third kappa shape index (κ3) is 3.58. The van der Waals surface area contributed by atoms with E-state index < -0.39 is 0 Å². The highest BCUT2D eigenvalue weighted by Crippen LogP contribution is 2.26. The first kappa shape index (κ1) is 12.6. The summed E-state index contributed by atoms with van der Waals surface area (Å²) in [5.74, 6) is 0.726. The highest BCUT2D eigenvalue weighted by Gasteiger charge is 2.05. The van der Waals surface area contributed by atoms with Crippen LogP contribution in [-0.2, 0) is 0 Å². The maximum absolute atomic E-state index is 11.4. The molecule has 0 unspecified atom stereocenters. The van der Waals surface area contributed by atoms with Gasteiger partial charge in [0.2, 0.25) is 0 Å². The van der Waals surface area contributed by atoms with Gasteiger partial charge in [-0.3, -0.25) is 0 Å². The van der Waals surface area contributed by atoms with Crippen LogP contribution in [0.2, 0.25) is 0 Å². The number of methoxy groups -OCH3 is 1. The Morgan fingerprint density at radius 1 is 1.62 bits per heavy atom. The lowest BCUT2D eigenvalue weighted by molar-refractivity contribution is 0.253. The standard InChI is InChI=1S/C11H13BrN2O2/c1-3-6-13-11(15)14-10-5-4-8(16-2)7-9(10)12/h3-5,7H,1,6H2,2H3,(H2,13,14,15). The van der Waals surface area contributed by atoms with E-state index in [2.05, 4.69) is 33.1 Å². The first-order valence-electron chi connectivity index (χ1n) is 4.66. The van der Waals surface area contributed by atoms with Crippen molar-refractivity contribution in [1.29, 1.82) is 0 Å². The molecule has 86 valence electrons. The van der Waals surface area contributed by atoms with Gasteiger partial charge in [0.15, 0.2) is 0 Å². The first-order chi connectivity index (χ1) is 7.67. The molecule has 16 heavy (non-hydrogen) atoms. The van der Waals surface area contributed by atoms with Crippen molar-refractivity contribution in [2.75, 3.05) is 19.0 Å². The number of amides is 2. The minimum absolute atomic E-state index is 0.272. The Morgan fingerprint density at radius 2 is 2.38 bits per heavy atom. The molecule has 0 radical (unpaired) electrons. The molecular formula is C11H13BrN2O2. The van der Waals surface area contributed by atoms with Crippen molar-refractivity contribution in [3.63, 3.8) is 0 Å². The fourth-order valence-electron chi connectivity index (χ4n) is 1.06. The average molecular weight is 285 g/mol. The Hall–Kier alpha value is -1.49. The summed E-state index contributed by atoms with van der Waals surface area (Å²) in [6.45, 7) is 3.94. The molecule has 0 heterocycles. The predicted octanol–water partition coefficient (Wildman–Crippen LogP) is 2.77. The molecule has 0 saturated heterocycles. The van der Waals surface area contributed by atoms with Crippen LogP contribution in [0.3, 0.4) is 0 Å². The summed E-state index contributed by atoms with van der Waals surface area (Å²) in [6.07, 6.45) is 1.61. The summed E-state index contributed by atoms with van der Waals surface area (Å²) in [5.41, 5.74) is 0.683. The van der Waals surface area contributed by atoms with E-state index in [-0.39, 0.29) is 6.03 Å². The number of rotatable bonds is 4. The van der Waals surface area contributed by atoms with Gasteiger partial charge in [0.25, 0.3) is 0 Å². The monoisotopic (exact) mass is 284 g/mol. The topological polar surface area (TPSA) is 50.4 Å². The summed E-state index contributed by atoms with van der Waals surface area (Å²) < 4.78 is 5.81. The smallest absolute Gasteiger partial charge is 0.319 e. The van der Waals surface area contributed by atoms with E-state index in [9.17, 15) is 4.79 Å². The molecule has 0 bridgehead atoms. The minimum atomic E-state index is -0.272. The third-order valence-electron chi connectivity index (χ3n) is 1.83. The quantitative estimate of drug-likeness (QED) is 0.836. The molecule has 0 aliphatic carbocycles. The number of carbonyl (C=O) groups is 1. The first-order valence-corrected chi connectivity index (χ1v) is 5.46. The molecule has 1 aromatic rings. The summed E-state index contributed by atoms with van der Waals surface area (Å²) >= 11 is 3.34. The van der Waals surface area contributed by atoms with Gasteiger partial charge < -0.3 is 15.4 Å². The van der Waals surface area contributed by atoms with Crippen molar-refractivity contribution in [1.82, 2.24) is 5.32 Å². The Bertz CT molecular complexity index is 394. The molecule has 2 amide bonds. The molecule has 4 nitrogen and oxygen atoms in total. The second kappa shape index (κ2) is 6.17. The van der Waals surface area contributed by atoms with E-state index in [0.717, 1.165) is 10.2 Å². The van der Waals surface area contributed by atoms with Crippen LogP contribution in [-0.4, -0.2) is 19.7 Å². The summed E-state index contributed by atoms with van der Waals surface area (Å²) in [5, 5.41) is 5.31. The lowest BCUT2D eigenvalue weighted by atomic mass is 10.3. The van der Waals surface area contributed by atoms with E-state index in [1.807, 2.05) is 0 Å². The Labute approximate surface area is 103 Å². The number of anilines is 1. The molecule has 1 aromatic carbocycles. The van der Waals surface area contributed by atoms with Crippen molar-refractivity contribution in [3.05, 3.63) is 35.3 Å². The predicted molar refractivity (Wildman–Crippen MR) is 67.9 cm³/mol. The summed E-state index contributed by atoms with van der Waals surface area (Å²) in [7, 11) is 1.59. The Balaban J connectivity index is 2.66. The van der Waals surface area contributed by atoms with Crippen LogP contribution in [0.5, 0.6) is 5.75 Å². The number of benzene rings is 1. The summed E-state index contributed by atoms with van der Waals surface area (Å²) in [6, 6.07) is 5.04. The normalized spacial score (nSPS) is 9.38. The largest absolute Gasteiger partial charge is 0.497 e. The number of hydrogen-bond donors (Lipinski definition) is 2. The lowest BCUT2D eigenvalue weighted by Crippen LogP contribution is -2.28. The van der Waals surface area contributed by atoms with Gasteiger partial charge in [0.1, 0.15) is 5.75 Å². The van der Waals surface area contributed by atoms with Crippen molar-refractivity contribution < 1.29 is 9.53 Å². The SMILES string of the molecule is C=CCNC(=O)Nc1ccc(OC)cc1Br. The molecule has 0 aliphatic rings. The Kier molecular flexibility index (Phi) is 4.85. The molecule has 5 heteroatoms. The zero-order valence-electron chi connectivity index (χ0n) is 8.92. The second-order valence-electron chi connectivity index (χ2n) is 2.97. The van der Waals surface area contributed by atoms with Crippen LogP contribution in [0.25, 0.3) is 0 Å². The molecule has 2 N–H and O–H groups in total. The van der Waals surface area contributed by atoms with Crippen LogP contribution in [0.1, 0.15) is 0 Å². The number of ether oxygens (including phenoxy) is 1. The number of hydrogen-bond acceptors (Lipinski definition) is 2. The van der Waals surface area contributed by atoms with Gasteiger partial charge in [-0.25, -0.2) is 4.79 Å².